The number of esters is 1. The van der Waals surface area contributed by atoms with E-state index in [4.69, 9.17) is 25.8 Å². The number of carbonyl (C=O) groups is 1. The van der Waals surface area contributed by atoms with Gasteiger partial charge in [0.2, 0.25) is 0 Å². The summed E-state index contributed by atoms with van der Waals surface area (Å²) in [6.07, 6.45) is 0.741. The molecule has 7 nitrogen and oxygen atoms in total. The van der Waals surface area contributed by atoms with E-state index in [1.165, 1.54) is 14.2 Å². The first kappa shape index (κ1) is 25.8. The van der Waals surface area contributed by atoms with E-state index in [2.05, 4.69) is 15.6 Å². The molecule has 0 spiro atoms. The van der Waals surface area contributed by atoms with Gasteiger partial charge in [0.05, 0.1) is 21.3 Å². The Labute approximate surface area is 199 Å². The number of halogens is 2. The smallest absolute Gasteiger partial charge is 0.341 e. The first-order valence-electron chi connectivity index (χ1n) is 9.04. The second-order valence-corrected chi connectivity index (χ2v) is 6.49. The molecule has 0 heterocycles. The van der Waals surface area contributed by atoms with Gasteiger partial charge < -0.3 is 24.8 Å². The van der Waals surface area contributed by atoms with E-state index in [0.717, 1.165) is 23.3 Å². The number of methoxy groups -OCH3 is 3. The molecule has 2 aromatic carbocycles. The number of guanidine groups is 1. The molecule has 0 aromatic heterocycles. The summed E-state index contributed by atoms with van der Waals surface area (Å²) >= 11 is 6.27. The second kappa shape index (κ2) is 13.2. The van der Waals surface area contributed by atoms with Gasteiger partial charge in [-0.05, 0) is 41.8 Å². The summed E-state index contributed by atoms with van der Waals surface area (Å²) in [5.74, 6) is 1.42. The first-order valence-corrected chi connectivity index (χ1v) is 9.42. The lowest BCUT2D eigenvalue weighted by atomic mass is 10.1. The third kappa shape index (κ3) is 7.24. The molecular weight excluding hydrogens is 521 g/mol. The molecule has 0 radical (unpaired) electrons. The van der Waals surface area contributed by atoms with Crippen LogP contribution < -0.4 is 20.1 Å². The van der Waals surface area contributed by atoms with Crippen molar-refractivity contribution in [1.82, 2.24) is 10.6 Å². The van der Waals surface area contributed by atoms with Crippen LogP contribution in [0.2, 0.25) is 5.02 Å². The highest BCUT2D eigenvalue weighted by Crippen LogP contribution is 2.23. The van der Waals surface area contributed by atoms with E-state index in [0.29, 0.717) is 35.4 Å². The largest absolute Gasteiger partial charge is 0.497 e. The molecule has 0 unspecified atom stereocenters. The summed E-state index contributed by atoms with van der Waals surface area (Å²) in [7, 11) is 6.17. The summed E-state index contributed by atoms with van der Waals surface area (Å²) in [5.41, 5.74) is 2.35. The maximum atomic E-state index is 11.7. The van der Waals surface area contributed by atoms with Crippen LogP contribution >= 0.6 is 35.6 Å². The minimum Gasteiger partial charge on any atom is -0.497 e. The van der Waals surface area contributed by atoms with Gasteiger partial charge in [0, 0.05) is 25.2 Å². The Kier molecular flexibility index (Phi) is 11.3. The number of hydrogen-bond acceptors (Lipinski definition) is 5. The molecule has 0 fully saturated rings. The van der Waals surface area contributed by atoms with E-state index in [1.54, 1.807) is 32.4 Å². The summed E-state index contributed by atoms with van der Waals surface area (Å²) < 4.78 is 15.2. The molecule has 0 saturated heterocycles. The summed E-state index contributed by atoms with van der Waals surface area (Å²) in [5, 5.41) is 7.16. The fraction of sp³-hybridized carbons (Fsp3) is 0.333. The van der Waals surface area contributed by atoms with E-state index in [-0.39, 0.29) is 24.0 Å². The van der Waals surface area contributed by atoms with Crippen LogP contribution in [0.25, 0.3) is 0 Å². The van der Waals surface area contributed by atoms with E-state index < -0.39 is 5.97 Å². The molecule has 2 rings (SSSR count). The fourth-order valence-corrected chi connectivity index (χ4v) is 2.97. The highest BCUT2D eigenvalue weighted by Gasteiger charge is 2.13. The first-order chi connectivity index (χ1) is 14.0. The van der Waals surface area contributed by atoms with E-state index in [1.807, 2.05) is 18.2 Å². The zero-order chi connectivity index (χ0) is 21.2. The van der Waals surface area contributed by atoms with Crippen molar-refractivity contribution in [2.75, 3.05) is 34.9 Å². The van der Waals surface area contributed by atoms with Crippen molar-refractivity contribution in [2.24, 2.45) is 4.99 Å². The van der Waals surface area contributed by atoms with Crippen LogP contribution in [-0.2, 0) is 17.7 Å². The van der Waals surface area contributed by atoms with Gasteiger partial charge >= 0.3 is 5.97 Å². The predicted molar refractivity (Wildman–Crippen MR) is 130 cm³/mol. The molecule has 164 valence electrons. The molecule has 0 saturated carbocycles. The lowest BCUT2D eigenvalue weighted by Gasteiger charge is -2.14. The third-order valence-corrected chi connectivity index (χ3v) is 4.65. The third-order valence-electron chi connectivity index (χ3n) is 4.30. The molecule has 0 aliphatic heterocycles. The van der Waals surface area contributed by atoms with Crippen LogP contribution in [0.15, 0.2) is 41.4 Å². The Balaban J connectivity index is 0.00000450. The van der Waals surface area contributed by atoms with Gasteiger partial charge in [-0.25, -0.2) is 4.79 Å². The minimum atomic E-state index is -0.434. The molecule has 2 N–H and O–H groups in total. The Morgan fingerprint density at radius 1 is 1.07 bits per heavy atom. The van der Waals surface area contributed by atoms with Crippen molar-refractivity contribution in [3.05, 3.63) is 58.1 Å². The van der Waals surface area contributed by atoms with Gasteiger partial charge in [-0.15, -0.1) is 24.0 Å². The lowest BCUT2D eigenvalue weighted by molar-refractivity contribution is 0.0597. The summed E-state index contributed by atoms with van der Waals surface area (Å²) in [6.45, 7) is 1.18. The van der Waals surface area contributed by atoms with Crippen molar-refractivity contribution in [2.45, 2.75) is 13.0 Å². The quantitative estimate of drug-likeness (QED) is 0.227. The standard InChI is InChI=1S/C21H26ClN3O4.HI/c1-23-21(24-10-9-15-6-7-16(27-2)12-18(15)22)25-13-14-5-8-17(20(26)29-4)19(11-14)28-3;/h5-8,11-12H,9-10,13H2,1-4H3,(H2,23,24,25);1H. The number of benzene rings is 2. The van der Waals surface area contributed by atoms with Crippen molar-refractivity contribution >= 4 is 47.5 Å². The number of nitrogens with zero attached hydrogens (tertiary/aromatic N) is 1. The molecular formula is C21H27ClIN3O4. The van der Waals surface area contributed by atoms with Gasteiger partial charge in [-0.2, -0.15) is 0 Å². The molecule has 0 aliphatic rings. The zero-order valence-corrected chi connectivity index (χ0v) is 20.5. The topological polar surface area (TPSA) is 81.2 Å². The lowest BCUT2D eigenvalue weighted by Crippen LogP contribution is -2.37. The predicted octanol–water partition coefficient (Wildman–Crippen LogP) is 3.67. The van der Waals surface area contributed by atoms with Crippen molar-refractivity contribution < 1.29 is 19.0 Å². The average Bonchev–Trinajstić information content (AvgIpc) is 2.76. The minimum absolute atomic E-state index is 0. The molecule has 30 heavy (non-hydrogen) atoms. The van der Waals surface area contributed by atoms with E-state index >= 15 is 0 Å². The van der Waals surface area contributed by atoms with E-state index in [9.17, 15) is 4.79 Å². The summed E-state index contributed by atoms with van der Waals surface area (Å²) in [6, 6.07) is 11.0. The van der Waals surface area contributed by atoms with Crippen LogP contribution in [0.1, 0.15) is 21.5 Å². The Morgan fingerprint density at radius 3 is 2.43 bits per heavy atom. The van der Waals surface area contributed by atoms with Gasteiger partial charge in [0.1, 0.15) is 17.1 Å². The van der Waals surface area contributed by atoms with Crippen LogP contribution in [0.5, 0.6) is 11.5 Å². The van der Waals surface area contributed by atoms with Crippen molar-refractivity contribution in [1.29, 1.82) is 0 Å². The normalized spacial score (nSPS) is 10.6. The molecule has 0 amide bonds. The maximum Gasteiger partial charge on any atom is 0.341 e. The number of nitrogens with one attached hydrogen (secondary N) is 2. The van der Waals surface area contributed by atoms with Crippen LogP contribution in [0, 0.1) is 0 Å². The highest BCUT2D eigenvalue weighted by molar-refractivity contribution is 14.0. The number of ether oxygens (including phenoxy) is 3. The SMILES string of the molecule is CN=C(NCCc1ccc(OC)cc1Cl)NCc1ccc(C(=O)OC)c(OC)c1.I. The molecule has 0 atom stereocenters. The Bertz CT molecular complexity index is 877. The van der Waals surface area contributed by atoms with Crippen LogP contribution in [-0.4, -0.2) is 46.9 Å². The second-order valence-electron chi connectivity index (χ2n) is 6.09. The Hall–Kier alpha value is -2.20. The summed E-state index contributed by atoms with van der Waals surface area (Å²) in [4.78, 5) is 16.0. The highest BCUT2D eigenvalue weighted by atomic mass is 127. The average molecular weight is 548 g/mol. The fourth-order valence-electron chi connectivity index (χ4n) is 2.70. The number of aliphatic imine (C=N–C) groups is 1. The Morgan fingerprint density at radius 2 is 1.83 bits per heavy atom. The van der Waals surface area contributed by atoms with Crippen LogP contribution in [0.4, 0.5) is 0 Å². The molecule has 0 bridgehead atoms. The van der Waals surface area contributed by atoms with Gasteiger partial charge in [0.15, 0.2) is 5.96 Å². The van der Waals surface area contributed by atoms with Gasteiger partial charge in [-0.3, -0.25) is 4.99 Å². The van der Waals surface area contributed by atoms with Gasteiger partial charge in [0.25, 0.3) is 0 Å². The van der Waals surface area contributed by atoms with Crippen molar-refractivity contribution in [3.63, 3.8) is 0 Å². The molecule has 0 aliphatic carbocycles. The number of hydrogen-bond donors (Lipinski definition) is 2. The maximum absolute atomic E-state index is 11.7. The molecule has 2 aromatic rings. The number of carbonyl (C=O) groups excluding carboxylic acids is 1. The zero-order valence-electron chi connectivity index (χ0n) is 17.5. The number of rotatable bonds is 8. The van der Waals surface area contributed by atoms with Crippen LogP contribution in [0.3, 0.4) is 0 Å². The van der Waals surface area contributed by atoms with Gasteiger partial charge in [-0.1, -0.05) is 23.7 Å². The molecule has 9 heteroatoms. The monoisotopic (exact) mass is 547 g/mol. The van der Waals surface area contributed by atoms with Crippen molar-refractivity contribution in [3.8, 4) is 11.5 Å².